The van der Waals surface area contributed by atoms with Crippen molar-refractivity contribution >= 4 is 16.9 Å². The van der Waals surface area contributed by atoms with Crippen molar-refractivity contribution in [3.63, 3.8) is 0 Å². The number of aryl methyl sites for hydroxylation is 2. The van der Waals surface area contributed by atoms with Crippen molar-refractivity contribution in [2.24, 2.45) is 0 Å². The number of anilines is 1. The van der Waals surface area contributed by atoms with Crippen molar-refractivity contribution in [2.45, 2.75) is 44.7 Å². The maximum absolute atomic E-state index is 12.4. The van der Waals surface area contributed by atoms with Gasteiger partial charge in [0, 0.05) is 12.6 Å². The van der Waals surface area contributed by atoms with Crippen molar-refractivity contribution in [3.05, 3.63) is 58.1 Å². The molecule has 3 aromatic rings. The van der Waals surface area contributed by atoms with E-state index in [0.29, 0.717) is 6.54 Å². The molecule has 0 spiro atoms. The van der Waals surface area contributed by atoms with E-state index in [0.717, 1.165) is 66.8 Å². The molecule has 1 aliphatic carbocycles. The van der Waals surface area contributed by atoms with Gasteiger partial charge in [0.25, 0.3) is 5.56 Å². The molecule has 0 N–H and O–H groups in total. The van der Waals surface area contributed by atoms with Gasteiger partial charge in [-0.3, -0.25) is 9.78 Å². The molecule has 0 radical (unpaired) electrons. The zero-order chi connectivity index (χ0) is 17.5. The van der Waals surface area contributed by atoms with E-state index in [2.05, 4.69) is 15.0 Å². The molecule has 3 heterocycles. The lowest BCUT2D eigenvalue weighted by atomic mass is 10.2. The van der Waals surface area contributed by atoms with E-state index in [9.17, 15) is 4.79 Å². The quantitative estimate of drug-likeness (QED) is 0.728. The summed E-state index contributed by atoms with van der Waals surface area (Å²) in [6.07, 6.45) is 7.06. The second-order valence-electron chi connectivity index (χ2n) is 7.20. The van der Waals surface area contributed by atoms with E-state index in [-0.39, 0.29) is 11.6 Å². The Kier molecular flexibility index (Phi) is 3.69. The second-order valence-corrected chi connectivity index (χ2v) is 7.20. The molecular weight excluding hydrogens is 326 g/mol. The molecule has 1 fully saturated rings. The van der Waals surface area contributed by atoms with Gasteiger partial charge in [0.2, 0.25) is 0 Å². The van der Waals surface area contributed by atoms with Crippen molar-refractivity contribution < 1.29 is 0 Å². The summed E-state index contributed by atoms with van der Waals surface area (Å²) in [5, 5.41) is 4.64. The van der Waals surface area contributed by atoms with Gasteiger partial charge in [-0.25, -0.2) is 9.67 Å². The SMILES string of the molecule is O=c1cc2c(nn1CC1CCCN1c1cnc3ccccc3n1)CCC2. The fourth-order valence-corrected chi connectivity index (χ4v) is 4.18. The zero-order valence-electron chi connectivity index (χ0n) is 14.6. The number of rotatable bonds is 3. The third-order valence-electron chi connectivity index (χ3n) is 5.51. The molecule has 1 aromatic carbocycles. The van der Waals surface area contributed by atoms with E-state index in [1.807, 2.05) is 30.5 Å². The molecule has 6 nitrogen and oxygen atoms in total. The Bertz CT molecular complexity index is 1030. The molecule has 6 heteroatoms. The van der Waals surface area contributed by atoms with Crippen LogP contribution in [0.15, 0.2) is 41.3 Å². The molecule has 0 amide bonds. The first-order valence-electron chi connectivity index (χ1n) is 9.36. The van der Waals surface area contributed by atoms with Gasteiger partial charge in [-0.05, 0) is 49.8 Å². The fraction of sp³-hybridized carbons (Fsp3) is 0.400. The van der Waals surface area contributed by atoms with Crippen molar-refractivity contribution in [2.75, 3.05) is 11.4 Å². The Labute approximate surface area is 151 Å². The fourth-order valence-electron chi connectivity index (χ4n) is 4.18. The van der Waals surface area contributed by atoms with Crippen LogP contribution in [-0.4, -0.2) is 32.3 Å². The van der Waals surface area contributed by atoms with Gasteiger partial charge in [-0.1, -0.05) is 12.1 Å². The molecule has 1 atom stereocenters. The maximum Gasteiger partial charge on any atom is 0.267 e. The molecule has 0 bridgehead atoms. The van der Waals surface area contributed by atoms with Crippen LogP contribution in [0.5, 0.6) is 0 Å². The predicted molar refractivity (Wildman–Crippen MR) is 100 cm³/mol. The number of para-hydroxylation sites is 2. The molecule has 26 heavy (non-hydrogen) atoms. The molecule has 2 aliphatic rings. The van der Waals surface area contributed by atoms with Crippen LogP contribution >= 0.6 is 0 Å². The van der Waals surface area contributed by atoms with E-state index < -0.39 is 0 Å². The molecule has 2 aromatic heterocycles. The zero-order valence-corrected chi connectivity index (χ0v) is 14.6. The van der Waals surface area contributed by atoms with Gasteiger partial charge in [-0.15, -0.1) is 0 Å². The largest absolute Gasteiger partial charge is 0.350 e. The molecule has 5 rings (SSSR count). The van der Waals surface area contributed by atoms with Crippen LogP contribution in [0.3, 0.4) is 0 Å². The number of benzene rings is 1. The smallest absolute Gasteiger partial charge is 0.267 e. The number of hydrogen-bond donors (Lipinski definition) is 0. The third kappa shape index (κ3) is 2.66. The lowest BCUT2D eigenvalue weighted by molar-refractivity contribution is 0.481. The van der Waals surface area contributed by atoms with Gasteiger partial charge in [0.1, 0.15) is 5.82 Å². The summed E-state index contributed by atoms with van der Waals surface area (Å²) < 4.78 is 1.65. The molecule has 132 valence electrons. The highest BCUT2D eigenvalue weighted by Gasteiger charge is 2.27. The van der Waals surface area contributed by atoms with Crippen LogP contribution in [0, 0.1) is 0 Å². The topological polar surface area (TPSA) is 63.9 Å². The Balaban J connectivity index is 1.44. The average molecular weight is 347 g/mol. The standard InChI is InChI=1S/C20H21N5O/c26-20-11-14-5-3-9-16(14)23-25(20)13-15-6-4-10-24(15)19-12-21-17-7-1-2-8-18(17)22-19/h1-2,7-8,11-12,15H,3-6,9-10,13H2. The van der Waals surface area contributed by atoms with Crippen LogP contribution in [-0.2, 0) is 19.4 Å². The number of aromatic nitrogens is 4. The highest BCUT2D eigenvalue weighted by molar-refractivity contribution is 5.75. The van der Waals surface area contributed by atoms with Crippen LogP contribution in [0.1, 0.15) is 30.5 Å². The van der Waals surface area contributed by atoms with Gasteiger partial charge in [-0.2, -0.15) is 5.10 Å². The summed E-state index contributed by atoms with van der Waals surface area (Å²) >= 11 is 0. The Hall–Kier alpha value is -2.76. The highest BCUT2D eigenvalue weighted by atomic mass is 16.1. The first-order valence-corrected chi connectivity index (χ1v) is 9.36. The van der Waals surface area contributed by atoms with Crippen LogP contribution in [0.25, 0.3) is 11.0 Å². The summed E-state index contributed by atoms with van der Waals surface area (Å²) in [4.78, 5) is 24.0. The van der Waals surface area contributed by atoms with E-state index in [1.54, 1.807) is 10.7 Å². The number of fused-ring (bicyclic) bond motifs is 2. The highest BCUT2D eigenvalue weighted by Crippen LogP contribution is 2.26. The van der Waals surface area contributed by atoms with Gasteiger partial charge >= 0.3 is 0 Å². The minimum atomic E-state index is 0.0158. The van der Waals surface area contributed by atoms with Crippen molar-refractivity contribution in [3.8, 4) is 0 Å². The van der Waals surface area contributed by atoms with Gasteiger partial charge in [0.15, 0.2) is 0 Å². The second kappa shape index (κ2) is 6.20. The Morgan fingerprint density at radius 1 is 1.12 bits per heavy atom. The summed E-state index contributed by atoms with van der Waals surface area (Å²) in [6, 6.07) is 9.93. The average Bonchev–Trinajstić information content (AvgIpc) is 3.31. The number of nitrogens with zero attached hydrogens (tertiary/aromatic N) is 5. The van der Waals surface area contributed by atoms with E-state index in [4.69, 9.17) is 4.98 Å². The monoisotopic (exact) mass is 347 g/mol. The van der Waals surface area contributed by atoms with E-state index in [1.165, 1.54) is 0 Å². The summed E-state index contributed by atoms with van der Waals surface area (Å²) in [5.41, 5.74) is 4.06. The summed E-state index contributed by atoms with van der Waals surface area (Å²) in [6.45, 7) is 1.55. The summed E-state index contributed by atoms with van der Waals surface area (Å²) in [7, 11) is 0. The van der Waals surface area contributed by atoms with E-state index >= 15 is 0 Å². The van der Waals surface area contributed by atoms with Crippen LogP contribution in [0.4, 0.5) is 5.82 Å². The molecule has 1 saturated heterocycles. The summed E-state index contributed by atoms with van der Waals surface area (Å²) in [5.74, 6) is 0.889. The molecular formula is C20H21N5O. The number of hydrogen-bond acceptors (Lipinski definition) is 5. The molecule has 1 unspecified atom stereocenters. The Morgan fingerprint density at radius 2 is 2.00 bits per heavy atom. The van der Waals surface area contributed by atoms with Crippen molar-refractivity contribution in [1.82, 2.24) is 19.7 Å². The maximum atomic E-state index is 12.4. The first-order chi connectivity index (χ1) is 12.8. The van der Waals surface area contributed by atoms with Gasteiger partial charge in [0.05, 0.1) is 35.5 Å². The molecule has 1 aliphatic heterocycles. The normalized spacial score (nSPS) is 19.2. The van der Waals surface area contributed by atoms with Crippen LogP contribution in [0.2, 0.25) is 0 Å². The lowest BCUT2D eigenvalue weighted by Crippen LogP contribution is -2.38. The molecule has 0 saturated carbocycles. The Morgan fingerprint density at radius 3 is 2.92 bits per heavy atom. The predicted octanol–water partition coefficient (Wildman–Crippen LogP) is 2.34. The lowest BCUT2D eigenvalue weighted by Gasteiger charge is -2.26. The minimum absolute atomic E-state index is 0.0158. The van der Waals surface area contributed by atoms with Gasteiger partial charge < -0.3 is 4.90 Å². The first kappa shape index (κ1) is 15.5. The minimum Gasteiger partial charge on any atom is -0.350 e. The van der Waals surface area contributed by atoms with Crippen molar-refractivity contribution in [1.29, 1.82) is 0 Å². The third-order valence-corrected chi connectivity index (χ3v) is 5.51. The van der Waals surface area contributed by atoms with Crippen LogP contribution < -0.4 is 10.5 Å².